The van der Waals surface area contributed by atoms with E-state index in [0.29, 0.717) is 35.4 Å². The maximum absolute atomic E-state index is 12.7. The van der Waals surface area contributed by atoms with E-state index in [4.69, 9.17) is 26.8 Å². The molecule has 1 aromatic carbocycles. The molecule has 4 rings (SSSR count). The van der Waals surface area contributed by atoms with Gasteiger partial charge in [-0.25, -0.2) is 0 Å². The quantitative estimate of drug-likeness (QED) is 0.794. The topological polar surface area (TPSA) is 103 Å². The molecule has 2 aliphatic heterocycles. The fourth-order valence-electron chi connectivity index (χ4n) is 3.48. The van der Waals surface area contributed by atoms with Crippen LogP contribution in [0.2, 0.25) is 5.02 Å². The zero-order valence-corrected chi connectivity index (χ0v) is 16.5. The van der Waals surface area contributed by atoms with Crippen LogP contribution in [-0.2, 0) is 4.74 Å². The number of ether oxygens (including phenoxy) is 2. The van der Waals surface area contributed by atoms with Crippen molar-refractivity contribution in [3.8, 4) is 11.6 Å². The largest absolute Gasteiger partial charge is 0.438 e. The van der Waals surface area contributed by atoms with Crippen LogP contribution in [0, 0.1) is 0 Å². The van der Waals surface area contributed by atoms with Crippen LogP contribution in [0.5, 0.6) is 11.6 Å². The van der Waals surface area contributed by atoms with Crippen molar-refractivity contribution in [1.29, 1.82) is 0 Å². The molecule has 8 nitrogen and oxygen atoms in total. The first-order valence-electron chi connectivity index (χ1n) is 9.23. The Hall–Kier alpha value is -2.58. The van der Waals surface area contributed by atoms with Crippen LogP contribution in [0.3, 0.4) is 0 Å². The SMILES string of the molecule is CC(C)NC(=O)c1cc(Cl)c2cc1Oc1cc(nc(N)n1)N1CCCOC[C@H]21. The van der Waals surface area contributed by atoms with Gasteiger partial charge in [0.25, 0.3) is 5.91 Å². The summed E-state index contributed by atoms with van der Waals surface area (Å²) in [6.45, 7) is 5.59. The van der Waals surface area contributed by atoms with Crippen LogP contribution >= 0.6 is 11.6 Å². The van der Waals surface area contributed by atoms with Crippen molar-refractivity contribution in [2.75, 3.05) is 30.4 Å². The summed E-state index contributed by atoms with van der Waals surface area (Å²) < 4.78 is 11.8. The number of nitrogens with two attached hydrogens (primary N) is 1. The first kappa shape index (κ1) is 18.8. The fraction of sp³-hybridized carbons (Fsp3) is 0.421. The van der Waals surface area contributed by atoms with Gasteiger partial charge in [0.15, 0.2) is 0 Å². The highest BCUT2D eigenvalue weighted by Crippen LogP contribution is 2.40. The number of aromatic nitrogens is 2. The first-order chi connectivity index (χ1) is 13.4. The molecule has 0 unspecified atom stereocenters. The van der Waals surface area contributed by atoms with E-state index in [1.165, 1.54) is 0 Å². The van der Waals surface area contributed by atoms with Gasteiger partial charge in [-0.3, -0.25) is 4.79 Å². The second-order valence-corrected chi connectivity index (χ2v) is 7.57. The Morgan fingerprint density at radius 2 is 2.18 bits per heavy atom. The van der Waals surface area contributed by atoms with E-state index in [-0.39, 0.29) is 29.8 Å². The number of rotatable bonds is 2. The molecule has 9 heteroatoms. The summed E-state index contributed by atoms with van der Waals surface area (Å²) in [6.07, 6.45) is 0.843. The van der Waals surface area contributed by atoms with E-state index in [0.717, 1.165) is 18.5 Å². The van der Waals surface area contributed by atoms with Crippen molar-refractivity contribution in [3.05, 3.63) is 34.3 Å². The highest BCUT2D eigenvalue weighted by atomic mass is 35.5. The highest BCUT2D eigenvalue weighted by molar-refractivity contribution is 6.32. The van der Waals surface area contributed by atoms with Gasteiger partial charge in [-0.1, -0.05) is 11.6 Å². The lowest BCUT2D eigenvalue weighted by Gasteiger charge is -2.31. The molecule has 0 radical (unpaired) electrons. The van der Waals surface area contributed by atoms with Gasteiger partial charge in [0.1, 0.15) is 11.6 Å². The smallest absolute Gasteiger partial charge is 0.255 e. The van der Waals surface area contributed by atoms with Crippen molar-refractivity contribution in [3.63, 3.8) is 0 Å². The Kier molecular flexibility index (Phi) is 4.99. The molecule has 1 amide bonds. The monoisotopic (exact) mass is 403 g/mol. The average molecular weight is 404 g/mol. The number of halogens is 1. The summed E-state index contributed by atoms with van der Waals surface area (Å²) in [5, 5.41) is 3.34. The molecular formula is C19H22ClN5O3. The number of nitrogens with one attached hydrogen (secondary N) is 1. The van der Waals surface area contributed by atoms with Crippen molar-refractivity contribution >= 4 is 29.3 Å². The number of nitrogens with zero attached hydrogens (tertiary/aromatic N) is 3. The lowest BCUT2D eigenvalue weighted by atomic mass is 10.0. The number of hydrogen-bond acceptors (Lipinski definition) is 7. The minimum atomic E-state index is -0.270. The lowest BCUT2D eigenvalue weighted by Crippen LogP contribution is -2.32. The minimum Gasteiger partial charge on any atom is -0.438 e. The summed E-state index contributed by atoms with van der Waals surface area (Å²) in [7, 11) is 0. The predicted octanol–water partition coefficient (Wildman–Crippen LogP) is 2.92. The number of benzene rings is 1. The van der Waals surface area contributed by atoms with Crippen molar-refractivity contribution < 1.29 is 14.3 Å². The summed E-state index contributed by atoms with van der Waals surface area (Å²) in [5.74, 6) is 1.12. The van der Waals surface area contributed by atoms with Gasteiger partial charge in [0.05, 0.1) is 18.2 Å². The van der Waals surface area contributed by atoms with E-state index < -0.39 is 0 Å². The van der Waals surface area contributed by atoms with E-state index in [1.807, 2.05) is 13.8 Å². The molecule has 2 aromatic rings. The normalized spacial score (nSPS) is 18.3. The van der Waals surface area contributed by atoms with E-state index >= 15 is 0 Å². The summed E-state index contributed by atoms with van der Waals surface area (Å²) in [6, 6.07) is 4.94. The summed E-state index contributed by atoms with van der Waals surface area (Å²) in [5.41, 5.74) is 7.06. The summed E-state index contributed by atoms with van der Waals surface area (Å²) >= 11 is 6.61. The molecule has 3 heterocycles. The standard InChI is InChI=1S/C19H22ClN5O3/c1-10(2)22-18(26)12-6-13(20)11-7-15(12)28-17-8-16(23-19(21)24-17)25-4-3-5-27-9-14(11)25/h6-8,10,14H,3-5,9H2,1-2H3,(H,22,26)(H2,21,23,24)/t14-/m1/s1. The molecule has 3 N–H and O–H groups in total. The maximum atomic E-state index is 12.7. The zero-order valence-electron chi connectivity index (χ0n) is 15.7. The number of carbonyl (C=O) groups is 1. The van der Waals surface area contributed by atoms with Crippen LogP contribution in [0.1, 0.15) is 42.2 Å². The van der Waals surface area contributed by atoms with Crippen LogP contribution in [0.15, 0.2) is 18.2 Å². The number of carbonyl (C=O) groups excluding carboxylic acids is 1. The van der Waals surface area contributed by atoms with Crippen molar-refractivity contribution in [2.45, 2.75) is 32.4 Å². The lowest BCUT2D eigenvalue weighted by molar-refractivity contribution is 0.0940. The fourth-order valence-corrected chi connectivity index (χ4v) is 3.77. The second kappa shape index (κ2) is 7.44. The maximum Gasteiger partial charge on any atom is 0.255 e. The molecular weight excluding hydrogens is 382 g/mol. The third kappa shape index (κ3) is 3.57. The molecule has 28 heavy (non-hydrogen) atoms. The predicted molar refractivity (Wildman–Crippen MR) is 106 cm³/mol. The Morgan fingerprint density at radius 1 is 1.36 bits per heavy atom. The Morgan fingerprint density at radius 3 is 2.96 bits per heavy atom. The third-order valence-electron chi connectivity index (χ3n) is 4.68. The van der Waals surface area contributed by atoms with Crippen molar-refractivity contribution in [2.24, 2.45) is 0 Å². The molecule has 0 saturated carbocycles. The second-order valence-electron chi connectivity index (χ2n) is 7.16. The number of fused-ring (bicyclic) bond motifs is 7. The molecule has 4 bridgehead atoms. The van der Waals surface area contributed by atoms with Gasteiger partial charge < -0.3 is 25.4 Å². The van der Waals surface area contributed by atoms with Gasteiger partial charge in [0.2, 0.25) is 11.8 Å². The van der Waals surface area contributed by atoms with Crippen LogP contribution in [0.4, 0.5) is 11.8 Å². The first-order valence-corrected chi connectivity index (χ1v) is 9.61. The number of anilines is 2. The van der Waals surface area contributed by atoms with Gasteiger partial charge in [-0.2, -0.15) is 9.97 Å². The van der Waals surface area contributed by atoms with Crippen LogP contribution in [-0.4, -0.2) is 41.7 Å². The third-order valence-corrected chi connectivity index (χ3v) is 5.00. The summed E-state index contributed by atoms with van der Waals surface area (Å²) in [4.78, 5) is 23.3. The van der Waals surface area contributed by atoms with E-state index in [2.05, 4.69) is 20.2 Å². The molecule has 1 atom stereocenters. The van der Waals surface area contributed by atoms with Crippen molar-refractivity contribution in [1.82, 2.24) is 15.3 Å². The van der Waals surface area contributed by atoms with Gasteiger partial charge in [-0.15, -0.1) is 0 Å². The number of amides is 1. The van der Waals surface area contributed by atoms with Gasteiger partial charge in [0, 0.05) is 30.3 Å². The molecule has 1 aromatic heterocycles. The molecule has 1 fully saturated rings. The molecule has 148 valence electrons. The molecule has 2 aliphatic rings. The Balaban J connectivity index is 1.90. The van der Waals surface area contributed by atoms with E-state index in [1.54, 1.807) is 18.2 Å². The molecule has 0 spiro atoms. The van der Waals surface area contributed by atoms with Crippen LogP contribution in [0.25, 0.3) is 0 Å². The zero-order chi connectivity index (χ0) is 19.8. The number of nitrogen functional groups attached to an aromatic ring is 1. The highest BCUT2D eigenvalue weighted by Gasteiger charge is 2.31. The Bertz CT molecular complexity index is 921. The Labute approximate surface area is 168 Å². The average Bonchev–Trinajstić information content (AvgIpc) is 2.85. The van der Waals surface area contributed by atoms with Crippen LogP contribution < -0.4 is 20.7 Å². The number of hydrogen-bond donors (Lipinski definition) is 2. The molecule has 0 aliphatic carbocycles. The van der Waals surface area contributed by atoms with Gasteiger partial charge >= 0.3 is 0 Å². The van der Waals surface area contributed by atoms with Gasteiger partial charge in [-0.05, 0) is 38.0 Å². The van der Waals surface area contributed by atoms with E-state index in [9.17, 15) is 4.79 Å². The molecule has 1 saturated heterocycles. The minimum absolute atomic E-state index is 0.0264.